The van der Waals surface area contributed by atoms with E-state index in [1.54, 1.807) is 19.1 Å². The van der Waals surface area contributed by atoms with Crippen LogP contribution in [-0.2, 0) is 20.7 Å². The number of hydrogen-bond acceptors (Lipinski definition) is 5. The molecule has 1 amide bonds. The summed E-state index contributed by atoms with van der Waals surface area (Å²) in [6.07, 6.45) is 7.09. The number of rotatable bonds is 3. The van der Waals surface area contributed by atoms with Crippen LogP contribution in [0.3, 0.4) is 0 Å². The lowest BCUT2D eigenvalue weighted by atomic mass is 9.51. The van der Waals surface area contributed by atoms with E-state index in [2.05, 4.69) is 18.8 Å². The van der Waals surface area contributed by atoms with Gasteiger partial charge in [-0.1, -0.05) is 69.0 Å². The van der Waals surface area contributed by atoms with Crippen molar-refractivity contribution in [2.75, 3.05) is 0 Å². The molecule has 194 valence electrons. The van der Waals surface area contributed by atoms with Crippen molar-refractivity contribution in [1.29, 1.82) is 0 Å². The Balaban J connectivity index is 1.92. The Hall–Kier alpha value is -2.70. The molecule has 3 aliphatic rings. The average Bonchev–Trinajstić information content (AvgIpc) is 3.08. The van der Waals surface area contributed by atoms with Crippen LogP contribution in [0.2, 0.25) is 0 Å². The highest BCUT2D eigenvalue weighted by Gasteiger charge is 2.68. The molecule has 0 aromatic heterocycles. The highest BCUT2D eigenvalue weighted by molar-refractivity contribution is 5.89. The maximum absolute atomic E-state index is 14.2. The third kappa shape index (κ3) is 4.69. The molecular formula is C30H39NO5. The van der Waals surface area contributed by atoms with E-state index in [0.717, 1.165) is 5.56 Å². The van der Waals surface area contributed by atoms with Gasteiger partial charge < -0.3 is 20.3 Å². The van der Waals surface area contributed by atoms with Crippen LogP contribution in [0, 0.1) is 29.1 Å². The first kappa shape index (κ1) is 26.4. The number of nitrogens with one attached hydrogen (secondary N) is 1. The molecule has 4 rings (SSSR count). The molecule has 1 aromatic carbocycles. The molecule has 1 aromatic rings. The fraction of sp³-hybridized carbons (Fsp3) is 0.533. The molecule has 9 atom stereocenters. The lowest BCUT2D eigenvalue weighted by Crippen LogP contribution is -2.60. The molecule has 1 spiro atoms. The smallest absolute Gasteiger partial charge is 0.303 e. The molecule has 6 nitrogen and oxygen atoms in total. The summed E-state index contributed by atoms with van der Waals surface area (Å²) in [6.45, 7) is 11.3. The Morgan fingerprint density at radius 3 is 2.58 bits per heavy atom. The summed E-state index contributed by atoms with van der Waals surface area (Å²) in [5.41, 5.74) is -0.635. The maximum Gasteiger partial charge on any atom is 0.303 e. The number of carbonyl (C=O) groups excluding carboxylic acids is 2. The highest BCUT2D eigenvalue weighted by atomic mass is 16.5. The monoisotopic (exact) mass is 493 g/mol. The molecule has 3 N–H and O–H groups in total. The second-order valence-corrected chi connectivity index (χ2v) is 11.3. The predicted octanol–water partition coefficient (Wildman–Crippen LogP) is 3.74. The maximum atomic E-state index is 14.2. The van der Waals surface area contributed by atoms with Crippen molar-refractivity contribution in [3.05, 3.63) is 72.4 Å². The predicted molar refractivity (Wildman–Crippen MR) is 139 cm³/mol. The molecule has 0 bridgehead atoms. The second-order valence-electron chi connectivity index (χ2n) is 11.3. The van der Waals surface area contributed by atoms with Crippen molar-refractivity contribution >= 4 is 11.9 Å². The van der Waals surface area contributed by atoms with E-state index in [-0.39, 0.29) is 29.7 Å². The van der Waals surface area contributed by atoms with Crippen molar-refractivity contribution in [1.82, 2.24) is 5.32 Å². The van der Waals surface area contributed by atoms with Crippen LogP contribution >= 0.6 is 0 Å². The van der Waals surface area contributed by atoms with Crippen LogP contribution < -0.4 is 5.32 Å². The van der Waals surface area contributed by atoms with Crippen LogP contribution in [0.1, 0.15) is 46.1 Å². The minimum Gasteiger partial charge on any atom is -0.457 e. The number of hydrogen-bond donors (Lipinski definition) is 3. The van der Waals surface area contributed by atoms with E-state index in [4.69, 9.17) is 4.74 Å². The Morgan fingerprint density at radius 2 is 1.92 bits per heavy atom. The van der Waals surface area contributed by atoms with Gasteiger partial charge in [-0.3, -0.25) is 9.59 Å². The van der Waals surface area contributed by atoms with Gasteiger partial charge in [-0.2, -0.15) is 0 Å². The molecule has 1 heterocycles. The lowest BCUT2D eigenvalue weighted by Gasteiger charge is -2.52. The summed E-state index contributed by atoms with van der Waals surface area (Å²) in [7, 11) is 0. The van der Waals surface area contributed by atoms with E-state index in [0.29, 0.717) is 24.8 Å². The Morgan fingerprint density at radius 1 is 1.22 bits per heavy atom. The van der Waals surface area contributed by atoms with Gasteiger partial charge >= 0.3 is 5.97 Å². The van der Waals surface area contributed by atoms with E-state index < -0.39 is 35.1 Å². The Labute approximate surface area is 214 Å². The quantitative estimate of drug-likeness (QED) is 0.440. The standard InChI is InChI=1S/C30H39NO5/c1-18-10-9-13-23-27(33)20(3)19(2)26-24(16-22-11-7-6-8-12-22)31-28(34)30(23,26)25(36-21(4)32)14-15-29(5,35)17-18/h6-9,11-15,18-19,23-27,33,35H,3,10,16-17H2,1-2,4-5H3,(H,31,34)/b13-9+,15-14?/t18?,19-,23+,24+,25-,26?,27-,29+,30-/m1/s1. The molecule has 2 aliphatic carbocycles. The number of ether oxygens (including phenoxy) is 1. The Kier molecular flexibility index (Phi) is 7.31. The third-order valence-corrected chi connectivity index (χ3v) is 8.43. The minimum atomic E-state index is -1.26. The number of allylic oxidation sites excluding steroid dienone is 1. The first-order valence-electron chi connectivity index (χ1n) is 12.9. The van der Waals surface area contributed by atoms with Gasteiger partial charge in [0, 0.05) is 24.8 Å². The minimum absolute atomic E-state index is 0.170. The van der Waals surface area contributed by atoms with Crippen LogP contribution in [0.4, 0.5) is 0 Å². The van der Waals surface area contributed by atoms with Gasteiger partial charge in [0.1, 0.15) is 11.5 Å². The number of esters is 1. The molecular weight excluding hydrogens is 454 g/mol. The normalized spacial score (nSPS) is 41.4. The average molecular weight is 494 g/mol. The van der Waals surface area contributed by atoms with Crippen molar-refractivity contribution < 1.29 is 24.5 Å². The largest absolute Gasteiger partial charge is 0.457 e. The van der Waals surface area contributed by atoms with Crippen molar-refractivity contribution in [3.8, 4) is 0 Å². The Bertz CT molecular complexity index is 1060. The number of benzene rings is 1. The fourth-order valence-corrected chi connectivity index (χ4v) is 6.90. The van der Waals surface area contributed by atoms with Crippen LogP contribution in [-0.4, -0.2) is 45.9 Å². The summed E-state index contributed by atoms with van der Waals surface area (Å²) >= 11 is 0. The van der Waals surface area contributed by atoms with Crippen molar-refractivity contribution in [2.24, 2.45) is 29.1 Å². The van der Waals surface area contributed by atoms with Crippen LogP contribution in [0.5, 0.6) is 0 Å². The van der Waals surface area contributed by atoms with Crippen molar-refractivity contribution in [2.45, 2.75) is 70.8 Å². The number of aliphatic hydroxyl groups is 2. The molecule has 6 heteroatoms. The van der Waals surface area contributed by atoms with Crippen molar-refractivity contribution in [3.63, 3.8) is 0 Å². The van der Waals surface area contributed by atoms with Gasteiger partial charge in [-0.05, 0) is 55.2 Å². The highest BCUT2D eigenvalue weighted by Crippen LogP contribution is 2.58. The number of aliphatic hydroxyl groups excluding tert-OH is 1. The molecule has 1 aliphatic heterocycles. The summed E-state index contributed by atoms with van der Waals surface area (Å²) in [5.74, 6) is -1.75. The zero-order valence-electron chi connectivity index (χ0n) is 21.7. The molecule has 1 saturated carbocycles. The van der Waals surface area contributed by atoms with Gasteiger partial charge in [0.2, 0.25) is 5.91 Å². The third-order valence-electron chi connectivity index (χ3n) is 8.43. The molecule has 36 heavy (non-hydrogen) atoms. The van der Waals surface area contributed by atoms with E-state index in [9.17, 15) is 19.8 Å². The van der Waals surface area contributed by atoms with Gasteiger partial charge in [0.15, 0.2) is 0 Å². The van der Waals surface area contributed by atoms with E-state index >= 15 is 0 Å². The number of amides is 1. The summed E-state index contributed by atoms with van der Waals surface area (Å²) in [4.78, 5) is 26.5. The van der Waals surface area contributed by atoms with Gasteiger partial charge in [-0.25, -0.2) is 0 Å². The summed E-state index contributed by atoms with van der Waals surface area (Å²) in [6, 6.07) is 9.73. The van der Waals surface area contributed by atoms with Gasteiger partial charge in [0.05, 0.1) is 11.7 Å². The zero-order chi connectivity index (χ0) is 26.3. The zero-order valence-corrected chi connectivity index (χ0v) is 21.7. The fourth-order valence-electron chi connectivity index (χ4n) is 6.90. The SMILES string of the molecule is C=C1[C@@H](C)C2[C@H](Cc3ccccc3)NC(=O)[C@]23[C@H](OC(C)=O)C=C[C@](C)(O)CC(C)C/C=C/[C@H]3[C@@H]1O. The topological polar surface area (TPSA) is 95.9 Å². The van der Waals surface area contributed by atoms with Gasteiger partial charge in [-0.15, -0.1) is 0 Å². The molecule has 0 radical (unpaired) electrons. The molecule has 2 unspecified atom stereocenters. The first-order chi connectivity index (χ1) is 17.0. The summed E-state index contributed by atoms with van der Waals surface area (Å²) < 4.78 is 5.89. The van der Waals surface area contributed by atoms with E-state index in [1.165, 1.54) is 6.92 Å². The second kappa shape index (κ2) is 9.98. The van der Waals surface area contributed by atoms with E-state index in [1.807, 2.05) is 49.4 Å². The van der Waals surface area contributed by atoms with Crippen LogP contribution in [0.15, 0.2) is 66.8 Å². The molecule has 1 saturated heterocycles. The summed E-state index contributed by atoms with van der Waals surface area (Å²) in [5, 5.41) is 25.8. The first-order valence-corrected chi connectivity index (χ1v) is 12.9. The number of carbonyl (C=O) groups is 2. The molecule has 2 fully saturated rings. The van der Waals surface area contributed by atoms with Gasteiger partial charge in [0.25, 0.3) is 0 Å². The van der Waals surface area contributed by atoms with Crippen LogP contribution in [0.25, 0.3) is 0 Å². The lowest BCUT2D eigenvalue weighted by molar-refractivity contribution is -0.166.